The predicted molar refractivity (Wildman–Crippen MR) is 87.1 cm³/mol. The molecule has 5 nitrogen and oxygen atoms in total. The second-order valence-electron chi connectivity index (χ2n) is 5.94. The molecule has 112 valence electrons. The summed E-state index contributed by atoms with van der Waals surface area (Å²) in [5.74, 6) is 2.47. The summed E-state index contributed by atoms with van der Waals surface area (Å²) < 4.78 is 0. The van der Waals surface area contributed by atoms with E-state index < -0.39 is 0 Å². The average Bonchev–Trinajstić information content (AvgIpc) is 3.02. The lowest BCUT2D eigenvalue weighted by atomic mass is 9.97. The molecule has 22 heavy (non-hydrogen) atoms. The molecule has 0 bridgehead atoms. The number of fused-ring (bicyclic) bond motifs is 1. The van der Waals surface area contributed by atoms with E-state index in [4.69, 9.17) is 4.98 Å². The van der Waals surface area contributed by atoms with Gasteiger partial charge in [-0.2, -0.15) is 0 Å². The Bertz CT molecular complexity index is 780. The van der Waals surface area contributed by atoms with Gasteiger partial charge in [-0.15, -0.1) is 0 Å². The van der Waals surface area contributed by atoms with E-state index >= 15 is 0 Å². The number of benzene rings is 1. The van der Waals surface area contributed by atoms with E-state index in [1.807, 2.05) is 6.20 Å². The minimum Gasteiger partial charge on any atom is -0.355 e. The SMILES string of the molecule is Cc1cccc2[nH]c([C@H]3CCCN(c4cnccn4)C3)nc12. The number of H-pyrrole nitrogens is 1. The van der Waals surface area contributed by atoms with Gasteiger partial charge < -0.3 is 9.88 Å². The molecule has 1 aliphatic heterocycles. The van der Waals surface area contributed by atoms with E-state index in [2.05, 4.69) is 45.0 Å². The van der Waals surface area contributed by atoms with Gasteiger partial charge in [-0.3, -0.25) is 4.98 Å². The molecule has 1 aromatic carbocycles. The van der Waals surface area contributed by atoms with Crippen molar-refractivity contribution in [3.8, 4) is 0 Å². The highest BCUT2D eigenvalue weighted by atomic mass is 15.2. The summed E-state index contributed by atoms with van der Waals surface area (Å²) in [6, 6.07) is 6.29. The van der Waals surface area contributed by atoms with Crippen molar-refractivity contribution in [3.05, 3.63) is 48.2 Å². The molecule has 0 amide bonds. The molecule has 0 spiro atoms. The van der Waals surface area contributed by atoms with Gasteiger partial charge >= 0.3 is 0 Å². The maximum atomic E-state index is 4.85. The van der Waals surface area contributed by atoms with Gasteiger partial charge in [0.2, 0.25) is 0 Å². The number of para-hydroxylation sites is 1. The highest BCUT2D eigenvalue weighted by molar-refractivity contribution is 5.78. The molecular formula is C17H19N5. The van der Waals surface area contributed by atoms with Crippen molar-refractivity contribution < 1.29 is 0 Å². The van der Waals surface area contributed by atoms with Crippen molar-refractivity contribution in [1.29, 1.82) is 0 Å². The first-order valence-corrected chi connectivity index (χ1v) is 7.77. The molecule has 0 radical (unpaired) electrons. The Morgan fingerprint density at radius 3 is 3.05 bits per heavy atom. The number of imidazole rings is 1. The monoisotopic (exact) mass is 293 g/mol. The van der Waals surface area contributed by atoms with Crippen LogP contribution < -0.4 is 4.90 Å². The zero-order valence-electron chi connectivity index (χ0n) is 12.7. The van der Waals surface area contributed by atoms with E-state index in [1.165, 1.54) is 5.56 Å². The molecule has 3 heterocycles. The molecule has 0 saturated carbocycles. The van der Waals surface area contributed by atoms with E-state index in [1.54, 1.807) is 12.4 Å². The fourth-order valence-corrected chi connectivity index (χ4v) is 3.25. The van der Waals surface area contributed by atoms with Crippen molar-refractivity contribution in [2.75, 3.05) is 18.0 Å². The Balaban J connectivity index is 1.62. The fraction of sp³-hybridized carbons (Fsp3) is 0.353. The Hall–Kier alpha value is -2.43. The zero-order chi connectivity index (χ0) is 14.9. The molecule has 1 atom stereocenters. The number of anilines is 1. The van der Waals surface area contributed by atoms with Gasteiger partial charge in [-0.25, -0.2) is 9.97 Å². The molecule has 0 unspecified atom stereocenters. The molecule has 1 aliphatic rings. The van der Waals surface area contributed by atoms with Crippen LogP contribution in [0.4, 0.5) is 5.82 Å². The minimum absolute atomic E-state index is 0.419. The Morgan fingerprint density at radius 2 is 2.23 bits per heavy atom. The number of hydrogen-bond donors (Lipinski definition) is 1. The Morgan fingerprint density at radius 1 is 1.27 bits per heavy atom. The van der Waals surface area contributed by atoms with Crippen LogP contribution in [0.2, 0.25) is 0 Å². The lowest BCUT2D eigenvalue weighted by Gasteiger charge is -2.32. The predicted octanol–water partition coefficient (Wildman–Crippen LogP) is 3.05. The van der Waals surface area contributed by atoms with Crippen LogP contribution in [0.1, 0.15) is 30.1 Å². The van der Waals surface area contributed by atoms with E-state index in [-0.39, 0.29) is 0 Å². The number of piperidine rings is 1. The second kappa shape index (κ2) is 5.40. The molecule has 4 rings (SSSR count). The number of nitrogens with zero attached hydrogens (tertiary/aromatic N) is 4. The van der Waals surface area contributed by atoms with Crippen LogP contribution in [-0.2, 0) is 0 Å². The lowest BCUT2D eigenvalue weighted by Crippen LogP contribution is -2.35. The number of aromatic amines is 1. The molecule has 1 saturated heterocycles. The van der Waals surface area contributed by atoms with E-state index in [9.17, 15) is 0 Å². The molecule has 1 N–H and O–H groups in total. The van der Waals surface area contributed by atoms with Crippen LogP contribution in [0, 0.1) is 6.92 Å². The molecule has 1 fully saturated rings. The molecule has 2 aromatic heterocycles. The average molecular weight is 293 g/mol. The third kappa shape index (κ3) is 2.32. The maximum Gasteiger partial charge on any atom is 0.147 e. The van der Waals surface area contributed by atoms with Crippen LogP contribution in [0.15, 0.2) is 36.8 Å². The van der Waals surface area contributed by atoms with Crippen molar-refractivity contribution in [3.63, 3.8) is 0 Å². The van der Waals surface area contributed by atoms with Gasteiger partial charge in [0.25, 0.3) is 0 Å². The van der Waals surface area contributed by atoms with Crippen LogP contribution in [0.25, 0.3) is 11.0 Å². The molecule has 5 heteroatoms. The van der Waals surface area contributed by atoms with Crippen LogP contribution in [0.3, 0.4) is 0 Å². The van der Waals surface area contributed by atoms with Crippen molar-refractivity contribution in [2.24, 2.45) is 0 Å². The third-order valence-electron chi connectivity index (χ3n) is 4.41. The maximum absolute atomic E-state index is 4.85. The third-order valence-corrected chi connectivity index (χ3v) is 4.41. The normalized spacial score (nSPS) is 18.8. The van der Waals surface area contributed by atoms with Crippen molar-refractivity contribution in [2.45, 2.75) is 25.7 Å². The summed E-state index contributed by atoms with van der Waals surface area (Å²) in [4.78, 5) is 19.3. The summed E-state index contributed by atoms with van der Waals surface area (Å²) in [6.07, 6.45) is 7.62. The summed E-state index contributed by atoms with van der Waals surface area (Å²) >= 11 is 0. The van der Waals surface area contributed by atoms with E-state index in [0.29, 0.717) is 5.92 Å². The van der Waals surface area contributed by atoms with Crippen LogP contribution >= 0.6 is 0 Å². The van der Waals surface area contributed by atoms with Gasteiger partial charge in [0.1, 0.15) is 11.6 Å². The quantitative estimate of drug-likeness (QED) is 0.789. The summed E-state index contributed by atoms with van der Waals surface area (Å²) in [5.41, 5.74) is 3.45. The highest BCUT2D eigenvalue weighted by Crippen LogP contribution is 2.29. The van der Waals surface area contributed by atoms with Crippen molar-refractivity contribution >= 4 is 16.9 Å². The molecule has 3 aromatic rings. The standard InChI is InChI=1S/C17H19N5/c1-12-4-2-6-14-16(12)21-17(20-14)13-5-3-9-22(11-13)15-10-18-7-8-19-15/h2,4,6-8,10,13H,3,5,9,11H2,1H3,(H,20,21)/t13-/m0/s1. The number of aromatic nitrogens is 4. The first kappa shape index (κ1) is 13.2. The smallest absolute Gasteiger partial charge is 0.147 e. The Kier molecular flexibility index (Phi) is 3.25. The van der Waals surface area contributed by atoms with Gasteiger partial charge in [0.15, 0.2) is 0 Å². The zero-order valence-corrected chi connectivity index (χ0v) is 12.7. The highest BCUT2D eigenvalue weighted by Gasteiger charge is 2.24. The first-order valence-electron chi connectivity index (χ1n) is 7.77. The van der Waals surface area contributed by atoms with E-state index in [0.717, 1.165) is 48.6 Å². The topological polar surface area (TPSA) is 57.7 Å². The van der Waals surface area contributed by atoms with Gasteiger partial charge in [-0.1, -0.05) is 12.1 Å². The molecular weight excluding hydrogens is 274 g/mol. The fourth-order valence-electron chi connectivity index (χ4n) is 3.25. The van der Waals surface area contributed by atoms with Crippen LogP contribution in [0.5, 0.6) is 0 Å². The van der Waals surface area contributed by atoms with Crippen molar-refractivity contribution in [1.82, 2.24) is 19.9 Å². The minimum atomic E-state index is 0.419. The second-order valence-corrected chi connectivity index (χ2v) is 5.94. The number of hydrogen-bond acceptors (Lipinski definition) is 4. The number of rotatable bonds is 2. The van der Waals surface area contributed by atoms with Gasteiger partial charge in [0.05, 0.1) is 17.2 Å². The number of aryl methyl sites for hydroxylation is 1. The van der Waals surface area contributed by atoms with Gasteiger partial charge in [-0.05, 0) is 31.4 Å². The summed E-state index contributed by atoms with van der Waals surface area (Å²) in [7, 11) is 0. The summed E-state index contributed by atoms with van der Waals surface area (Å²) in [5, 5.41) is 0. The largest absolute Gasteiger partial charge is 0.355 e. The first-order chi connectivity index (χ1) is 10.8. The molecule has 0 aliphatic carbocycles. The Labute approximate surface area is 129 Å². The van der Waals surface area contributed by atoms with Gasteiger partial charge in [0, 0.05) is 31.4 Å². The summed E-state index contributed by atoms with van der Waals surface area (Å²) in [6.45, 7) is 4.09. The lowest BCUT2D eigenvalue weighted by molar-refractivity contribution is 0.492. The number of nitrogens with one attached hydrogen (secondary N) is 1. The van der Waals surface area contributed by atoms with Crippen LogP contribution in [-0.4, -0.2) is 33.0 Å².